The van der Waals surface area contributed by atoms with Gasteiger partial charge in [0.05, 0.1) is 5.51 Å². The van der Waals surface area contributed by atoms with Crippen LogP contribution in [0.25, 0.3) is 0 Å². The van der Waals surface area contributed by atoms with Gasteiger partial charge in [-0.1, -0.05) is 6.92 Å². The van der Waals surface area contributed by atoms with E-state index >= 15 is 0 Å². The highest BCUT2D eigenvalue weighted by molar-refractivity contribution is 7.09. The van der Waals surface area contributed by atoms with E-state index in [1.54, 1.807) is 11.3 Å². The first kappa shape index (κ1) is 10.1. The quantitative estimate of drug-likeness (QED) is 0.783. The summed E-state index contributed by atoms with van der Waals surface area (Å²) in [6.07, 6.45) is 1.94. The second-order valence-corrected chi connectivity index (χ2v) is 4.97. The van der Waals surface area contributed by atoms with E-state index < -0.39 is 0 Å². The summed E-state index contributed by atoms with van der Waals surface area (Å²) in [6.45, 7) is 6.74. The lowest BCUT2D eigenvalue weighted by atomic mass is 9.98. The Kier molecular flexibility index (Phi) is 3.50. The van der Waals surface area contributed by atoms with Crippen molar-refractivity contribution in [1.29, 1.82) is 0 Å². The van der Waals surface area contributed by atoms with Gasteiger partial charge in [-0.05, 0) is 31.5 Å². The van der Waals surface area contributed by atoms with Crippen LogP contribution in [0.4, 0.5) is 0 Å². The molecule has 2 rings (SSSR count). The molecule has 1 aliphatic heterocycles. The Morgan fingerprint density at radius 3 is 3.21 bits per heavy atom. The molecule has 0 aromatic carbocycles. The first-order valence-electron chi connectivity index (χ1n) is 5.15. The molecule has 14 heavy (non-hydrogen) atoms. The van der Waals surface area contributed by atoms with Gasteiger partial charge in [0.25, 0.3) is 0 Å². The highest BCUT2D eigenvalue weighted by Gasteiger charge is 2.21. The molecule has 0 unspecified atom stereocenters. The molecule has 0 saturated carbocycles. The van der Waals surface area contributed by atoms with Gasteiger partial charge in [-0.25, -0.2) is 0 Å². The van der Waals surface area contributed by atoms with Gasteiger partial charge >= 0.3 is 0 Å². The lowest BCUT2D eigenvalue weighted by Gasteiger charge is -2.14. The van der Waals surface area contributed by atoms with Crippen molar-refractivity contribution < 1.29 is 0 Å². The lowest BCUT2D eigenvalue weighted by molar-refractivity contribution is 0.421. The second kappa shape index (κ2) is 4.87. The molecule has 2 heterocycles. The van der Waals surface area contributed by atoms with Crippen LogP contribution < -0.4 is 10.6 Å². The number of hydrogen-bond donors (Lipinski definition) is 2. The molecule has 1 fully saturated rings. The molecule has 1 saturated heterocycles. The monoisotopic (exact) mass is 211 g/mol. The first-order chi connectivity index (χ1) is 6.86. The molecule has 3 nitrogen and oxygen atoms in total. The minimum atomic E-state index is 0.794. The normalized spacial score (nSPS) is 26.9. The second-order valence-electron chi connectivity index (χ2n) is 3.99. The van der Waals surface area contributed by atoms with Gasteiger partial charge in [0.2, 0.25) is 0 Å². The third kappa shape index (κ3) is 2.53. The van der Waals surface area contributed by atoms with Crippen LogP contribution in [-0.2, 0) is 6.54 Å². The van der Waals surface area contributed by atoms with Crippen molar-refractivity contribution in [2.45, 2.75) is 13.5 Å². The van der Waals surface area contributed by atoms with Crippen molar-refractivity contribution in [1.82, 2.24) is 15.6 Å². The Bertz CT molecular complexity index is 260. The van der Waals surface area contributed by atoms with Crippen molar-refractivity contribution in [3.63, 3.8) is 0 Å². The lowest BCUT2D eigenvalue weighted by Crippen LogP contribution is -2.26. The maximum Gasteiger partial charge on any atom is 0.0794 e. The maximum absolute atomic E-state index is 4.05. The van der Waals surface area contributed by atoms with Crippen LogP contribution in [0.15, 0.2) is 11.7 Å². The topological polar surface area (TPSA) is 37.0 Å². The summed E-state index contributed by atoms with van der Waals surface area (Å²) < 4.78 is 0. The fourth-order valence-electron chi connectivity index (χ4n) is 1.85. The summed E-state index contributed by atoms with van der Waals surface area (Å²) in [5.74, 6) is 1.60. The summed E-state index contributed by atoms with van der Waals surface area (Å²) in [6, 6.07) is 0. The summed E-state index contributed by atoms with van der Waals surface area (Å²) in [7, 11) is 0. The smallest absolute Gasteiger partial charge is 0.0794 e. The molecule has 4 heteroatoms. The highest BCUT2D eigenvalue weighted by Crippen LogP contribution is 2.14. The standard InChI is InChI=1S/C10H17N3S/c1-8-2-11-3-9(8)4-12-5-10-6-13-7-14-10/h6-9,11-12H,2-5H2,1H3/t8-,9+/m1/s1. The number of rotatable bonds is 4. The van der Waals surface area contributed by atoms with Crippen molar-refractivity contribution >= 4 is 11.3 Å². The van der Waals surface area contributed by atoms with Crippen LogP contribution in [0.5, 0.6) is 0 Å². The highest BCUT2D eigenvalue weighted by atomic mass is 32.1. The first-order valence-corrected chi connectivity index (χ1v) is 6.03. The molecule has 1 aromatic rings. The number of nitrogens with one attached hydrogen (secondary N) is 2. The Hall–Kier alpha value is -0.450. The fraction of sp³-hybridized carbons (Fsp3) is 0.700. The molecule has 0 spiro atoms. The zero-order chi connectivity index (χ0) is 9.80. The molecular weight excluding hydrogens is 194 g/mol. The number of aromatic nitrogens is 1. The third-order valence-electron chi connectivity index (χ3n) is 2.87. The van der Waals surface area contributed by atoms with E-state index in [-0.39, 0.29) is 0 Å². The molecule has 0 radical (unpaired) electrons. The van der Waals surface area contributed by atoms with Gasteiger partial charge in [0.1, 0.15) is 0 Å². The minimum Gasteiger partial charge on any atom is -0.316 e. The molecule has 2 N–H and O–H groups in total. The summed E-state index contributed by atoms with van der Waals surface area (Å²) >= 11 is 1.72. The molecule has 0 amide bonds. The zero-order valence-corrected chi connectivity index (χ0v) is 9.31. The van der Waals surface area contributed by atoms with Crippen molar-refractivity contribution in [3.05, 3.63) is 16.6 Å². The van der Waals surface area contributed by atoms with E-state index in [4.69, 9.17) is 0 Å². The van der Waals surface area contributed by atoms with Crippen LogP contribution in [0, 0.1) is 11.8 Å². The number of hydrogen-bond acceptors (Lipinski definition) is 4. The Morgan fingerprint density at radius 2 is 2.57 bits per heavy atom. The molecular formula is C10H17N3S. The molecule has 1 aliphatic rings. The summed E-state index contributed by atoms with van der Waals surface area (Å²) in [4.78, 5) is 5.38. The molecule has 0 bridgehead atoms. The largest absolute Gasteiger partial charge is 0.316 e. The van der Waals surface area contributed by atoms with E-state index in [2.05, 4.69) is 22.5 Å². The van der Waals surface area contributed by atoms with Crippen LogP contribution >= 0.6 is 11.3 Å². The zero-order valence-electron chi connectivity index (χ0n) is 8.49. The van der Waals surface area contributed by atoms with Gasteiger partial charge in [-0.2, -0.15) is 0 Å². The van der Waals surface area contributed by atoms with E-state index in [1.165, 1.54) is 11.4 Å². The predicted molar refractivity (Wildman–Crippen MR) is 59.3 cm³/mol. The molecule has 1 aromatic heterocycles. The predicted octanol–water partition coefficient (Wildman–Crippen LogP) is 1.09. The summed E-state index contributed by atoms with van der Waals surface area (Å²) in [5, 5.41) is 6.91. The Balaban J connectivity index is 1.68. The van der Waals surface area contributed by atoms with Crippen molar-refractivity contribution in [2.75, 3.05) is 19.6 Å². The Labute approximate surface area is 88.9 Å². The SMILES string of the molecule is C[C@@H]1CNC[C@H]1CNCc1cncs1. The van der Waals surface area contributed by atoms with Gasteiger partial charge in [0, 0.05) is 17.6 Å². The number of nitrogens with zero attached hydrogens (tertiary/aromatic N) is 1. The van der Waals surface area contributed by atoms with Gasteiger partial charge < -0.3 is 10.6 Å². The molecule has 78 valence electrons. The fourth-order valence-corrected chi connectivity index (χ4v) is 2.41. The van der Waals surface area contributed by atoms with E-state index in [0.717, 1.165) is 31.5 Å². The average Bonchev–Trinajstić information content (AvgIpc) is 2.78. The average molecular weight is 211 g/mol. The van der Waals surface area contributed by atoms with Crippen LogP contribution in [0.3, 0.4) is 0 Å². The van der Waals surface area contributed by atoms with Crippen molar-refractivity contribution in [3.8, 4) is 0 Å². The van der Waals surface area contributed by atoms with E-state index in [9.17, 15) is 0 Å². The summed E-state index contributed by atoms with van der Waals surface area (Å²) in [5.41, 5.74) is 1.89. The minimum absolute atomic E-state index is 0.794. The van der Waals surface area contributed by atoms with Gasteiger partial charge in [-0.15, -0.1) is 11.3 Å². The number of thiazole rings is 1. The molecule has 0 aliphatic carbocycles. The molecule has 2 atom stereocenters. The van der Waals surface area contributed by atoms with Crippen molar-refractivity contribution in [2.24, 2.45) is 11.8 Å². The van der Waals surface area contributed by atoms with Crippen LogP contribution in [-0.4, -0.2) is 24.6 Å². The van der Waals surface area contributed by atoms with Crippen LogP contribution in [0.2, 0.25) is 0 Å². The van der Waals surface area contributed by atoms with Crippen LogP contribution in [0.1, 0.15) is 11.8 Å². The van der Waals surface area contributed by atoms with E-state index in [0.29, 0.717) is 0 Å². The van der Waals surface area contributed by atoms with E-state index in [1.807, 2.05) is 11.7 Å². The van der Waals surface area contributed by atoms with Gasteiger partial charge in [-0.3, -0.25) is 4.98 Å². The third-order valence-corrected chi connectivity index (χ3v) is 3.65. The maximum atomic E-state index is 4.05. The van der Waals surface area contributed by atoms with Gasteiger partial charge in [0.15, 0.2) is 0 Å². The Morgan fingerprint density at radius 1 is 1.64 bits per heavy atom.